The molecule has 0 radical (unpaired) electrons. The molecule has 4 unspecified atom stereocenters. The lowest BCUT2D eigenvalue weighted by Gasteiger charge is -2.31. The van der Waals surface area contributed by atoms with Gasteiger partial charge in [0.25, 0.3) is 0 Å². The number of nitrogen functional groups attached to an aromatic ring is 1. The summed E-state index contributed by atoms with van der Waals surface area (Å²) in [5.74, 6) is 1.54. The van der Waals surface area contributed by atoms with E-state index in [9.17, 15) is 4.79 Å². The number of fused-ring (bicyclic) bond motifs is 1. The van der Waals surface area contributed by atoms with E-state index in [1.807, 2.05) is 12.1 Å². The molecule has 2 aliphatic rings. The van der Waals surface area contributed by atoms with E-state index in [-0.39, 0.29) is 5.91 Å². The number of nitrogens with one attached hydrogen (secondary N) is 2. The second-order valence-corrected chi connectivity index (χ2v) is 7.74. The molecule has 24 heavy (non-hydrogen) atoms. The molecule has 1 amide bonds. The Bertz CT molecular complexity index is 588. The number of nitrogens with two attached hydrogens (primary N) is 1. The lowest BCUT2D eigenvalue weighted by Crippen LogP contribution is -2.44. The fraction of sp³-hybridized carbons (Fsp3) is 0.650. The van der Waals surface area contributed by atoms with E-state index in [2.05, 4.69) is 29.7 Å². The van der Waals surface area contributed by atoms with Gasteiger partial charge < -0.3 is 16.4 Å². The van der Waals surface area contributed by atoms with Gasteiger partial charge in [0.05, 0.1) is 0 Å². The number of amides is 1. The third-order valence-electron chi connectivity index (χ3n) is 6.14. The molecule has 1 saturated carbocycles. The highest BCUT2D eigenvalue weighted by Crippen LogP contribution is 2.60. The normalized spacial score (nSPS) is 29.1. The van der Waals surface area contributed by atoms with Crippen molar-refractivity contribution in [3.63, 3.8) is 0 Å². The maximum Gasteiger partial charge on any atom is 0.216 e. The Hall–Kier alpha value is -1.55. The zero-order valence-corrected chi connectivity index (χ0v) is 15.0. The van der Waals surface area contributed by atoms with Gasteiger partial charge in [-0.2, -0.15) is 0 Å². The van der Waals surface area contributed by atoms with Gasteiger partial charge in [-0.15, -0.1) is 0 Å². The van der Waals surface area contributed by atoms with E-state index in [0.29, 0.717) is 17.4 Å². The van der Waals surface area contributed by atoms with Gasteiger partial charge in [0.2, 0.25) is 5.91 Å². The van der Waals surface area contributed by atoms with Crippen LogP contribution in [0.25, 0.3) is 0 Å². The number of piperidine rings is 1. The van der Waals surface area contributed by atoms with Crippen molar-refractivity contribution in [2.24, 2.45) is 17.3 Å². The van der Waals surface area contributed by atoms with E-state index < -0.39 is 0 Å². The lowest BCUT2D eigenvalue weighted by molar-refractivity contribution is -0.119. The first-order valence-corrected chi connectivity index (χ1v) is 9.37. The molecular weight excluding hydrogens is 298 g/mol. The van der Waals surface area contributed by atoms with Gasteiger partial charge in [0.1, 0.15) is 0 Å². The zero-order chi connectivity index (χ0) is 17.2. The monoisotopic (exact) mass is 329 g/mol. The smallest absolute Gasteiger partial charge is 0.216 e. The highest BCUT2D eigenvalue weighted by atomic mass is 16.1. The van der Waals surface area contributed by atoms with Crippen LogP contribution >= 0.6 is 0 Å². The van der Waals surface area contributed by atoms with Gasteiger partial charge in [-0.3, -0.25) is 4.79 Å². The molecule has 4 N–H and O–H groups in total. The Morgan fingerprint density at radius 1 is 1.50 bits per heavy atom. The van der Waals surface area contributed by atoms with Crippen LogP contribution in [0.4, 0.5) is 5.69 Å². The molecule has 1 saturated heterocycles. The first-order valence-electron chi connectivity index (χ1n) is 9.37. The van der Waals surface area contributed by atoms with E-state index in [1.165, 1.54) is 31.2 Å². The number of aryl methyl sites for hydroxylation is 1. The van der Waals surface area contributed by atoms with Crippen molar-refractivity contribution in [2.75, 3.05) is 18.8 Å². The molecule has 4 nitrogen and oxygen atoms in total. The number of carbonyl (C=O) groups is 1. The summed E-state index contributed by atoms with van der Waals surface area (Å²) in [6.45, 7) is 5.88. The maximum atomic E-state index is 11.3. The minimum absolute atomic E-state index is 0.0930. The Labute approximate surface area is 145 Å². The van der Waals surface area contributed by atoms with E-state index in [4.69, 9.17) is 5.73 Å². The highest BCUT2D eigenvalue weighted by Gasteiger charge is 2.63. The predicted octanol–water partition coefficient (Wildman–Crippen LogP) is 2.73. The summed E-state index contributed by atoms with van der Waals surface area (Å²) >= 11 is 0. The van der Waals surface area contributed by atoms with Gasteiger partial charge >= 0.3 is 0 Å². The van der Waals surface area contributed by atoms with Crippen molar-refractivity contribution in [2.45, 2.75) is 52.0 Å². The molecule has 1 aliphatic carbocycles. The Morgan fingerprint density at radius 3 is 3.00 bits per heavy atom. The summed E-state index contributed by atoms with van der Waals surface area (Å²) in [6, 6.07) is 8.79. The van der Waals surface area contributed by atoms with E-state index in [0.717, 1.165) is 31.1 Å². The molecule has 1 heterocycles. The van der Waals surface area contributed by atoms with Crippen molar-refractivity contribution in [3.8, 4) is 0 Å². The summed E-state index contributed by atoms with van der Waals surface area (Å²) in [5, 5.41) is 6.83. The quantitative estimate of drug-likeness (QED) is 0.643. The molecule has 0 bridgehead atoms. The van der Waals surface area contributed by atoms with Gasteiger partial charge in [0, 0.05) is 30.6 Å². The molecule has 4 heteroatoms. The lowest BCUT2D eigenvalue weighted by atomic mass is 9.81. The van der Waals surface area contributed by atoms with Crippen molar-refractivity contribution < 1.29 is 4.79 Å². The van der Waals surface area contributed by atoms with E-state index >= 15 is 0 Å². The number of benzene rings is 1. The first kappa shape index (κ1) is 17.3. The number of carbonyl (C=O) groups excluding carboxylic acids is 1. The fourth-order valence-electron chi connectivity index (χ4n) is 4.70. The second kappa shape index (κ2) is 7.14. The zero-order valence-electron chi connectivity index (χ0n) is 15.0. The summed E-state index contributed by atoms with van der Waals surface area (Å²) in [7, 11) is 0. The average Bonchev–Trinajstić information content (AvgIpc) is 3.16. The summed E-state index contributed by atoms with van der Waals surface area (Å²) in [4.78, 5) is 11.3. The largest absolute Gasteiger partial charge is 0.399 e. The van der Waals surface area contributed by atoms with Gasteiger partial charge in [-0.1, -0.05) is 25.5 Å². The molecule has 1 aliphatic heterocycles. The molecule has 3 rings (SSSR count). The van der Waals surface area contributed by atoms with Crippen molar-refractivity contribution in [3.05, 3.63) is 29.8 Å². The number of hydrogen-bond donors (Lipinski definition) is 3. The Balaban J connectivity index is 1.54. The molecule has 2 fully saturated rings. The predicted molar refractivity (Wildman–Crippen MR) is 98.6 cm³/mol. The van der Waals surface area contributed by atoms with Crippen LogP contribution in [-0.4, -0.2) is 25.0 Å². The topological polar surface area (TPSA) is 67.2 Å². The highest BCUT2D eigenvalue weighted by molar-refractivity contribution is 5.72. The molecule has 132 valence electrons. The second-order valence-electron chi connectivity index (χ2n) is 7.74. The Morgan fingerprint density at radius 2 is 2.33 bits per heavy atom. The van der Waals surface area contributed by atoms with Gasteiger partial charge in [-0.25, -0.2) is 0 Å². The van der Waals surface area contributed by atoms with Crippen LogP contribution in [-0.2, 0) is 11.2 Å². The SMILES string of the molecule is CCC(CCCc1cccc(N)c1)C1NCC2CC21CNC(C)=O. The minimum atomic E-state index is 0.0930. The summed E-state index contributed by atoms with van der Waals surface area (Å²) < 4.78 is 0. The van der Waals surface area contributed by atoms with Gasteiger partial charge in [0.15, 0.2) is 0 Å². The molecule has 1 aromatic carbocycles. The fourth-order valence-corrected chi connectivity index (χ4v) is 4.70. The third-order valence-corrected chi connectivity index (χ3v) is 6.14. The van der Waals surface area contributed by atoms with Crippen LogP contribution in [0.2, 0.25) is 0 Å². The number of rotatable bonds is 8. The van der Waals surface area contributed by atoms with Gasteiger partial charge in [-0.05, 0) is 61.8 Å². The maximum absolute atomic E-state index is 11.3. The molecule has 1 aromatic rings. The number of anilines is 1. The van der Waals surface area contributed by atoms with Crippen LogP contribution in [0, 0.1) is 17.3 Å². The van der Waals surface area contributed by atoms with Crippen LogP contribution in [0.3, 0.4) is 0 Å². The van der Waals surface area contributed by atoms with Crippen LogP contribution < -0.4 is 16.4 Å². The summed E-state index contributed by atoms with van der Waals surface area (Å²) in [6.07, 6.45) is 5.99. The standard InChI is InChI=1S/C20H31N3O/c1-3-16(8-4-6-15-7-5-9-18(21)10-15)19-20(13-23-14(2)24)11-17(20)12-22-19/h5,7,9-10,16-17,19,22H,3-4,6,8,11-13,21H2,1-2H3,(H,23,24). The Kier molecular flexibility index (Phi) is 5.14. The van der Waals surface area contributed by atoms with Crippen molar-refractivity contribution in [1.82, 2.24) is 10.6 Å². The molecule has 0 spiro atoms. The number of hydrogen-bond acceptors (Lipinski definition) is 3. The van der Waals surface area contributed by atoms with Crippen LogP contribution in [0.5, 0.6) is 0 Å². The first-order chi connectivity index (χ1) is 11.5. The van der Waals surface area contributed by atoms with E-state index in [1.54, 1.807) is 6.92 Å². The summed E-state index contributed by atoms with van der Waals surface area (Å²) in [5.41, 5.74) is 8.38. The van der Waals surface area contributed by atoms with Crippen LogP contribution in [0.15, 0.2) is 24.3 Å². The van der Waals surface area contributed by atoms with Crippen LogP contribution in [0.1, 0.15) is 45.1 Å². The molecule has 4 atom stereocenters. The molecular formula is C20H31N3O. The molecule has 0 aromatic heterocycles. The minimum Gasteiger partial charge on any atom is -0.399 e. The van der Waals surface area contributed by atoms with Crippen molar-refractivity contribution in [1.29, 1.82) is 0 Å². The van der Waals surface area contributed by atoms with Crippen molar-refractivity contribution >= 4 is 11.6 Å². The third kappa shape index (κ3) is 3.59. The average molecular weight is 329 g/mol.